The molecule has 0 aliphatic carbocycles. The van der Waals surface area contributed by atoms with E-state index in [0.29, 0.717) is 12.2 Å². The minimum atomic E-state index is -0.0680. The highest BCUT2D eigenvalue weighted by molar-refractivity contribution is 7.14. The zero-order valence-electron chi connectivity index (χ0n) is 17.7. The molecule has 3 heterocycles. The largest absolute Gasteiger partial charge is 0.353 e. The van der Waals surface area contributed by atoms with Gasteiger partial charge in [0, 0.05) is 43.5 Å². The molecule has 32 heavy (non-hydrogen) atoms. The van der Waals surface area contributed by atoms with Gasteiger partial charge in [-0.25, -0.2) is 0 Å². The van der Waals surface area contributed by atoms with E-state index in [0.717, 1.165) is 61.5 Å². The number of halogens is 1. The molecule has 1 saturated heterocycles. The molecule has 0 bridgehead atoms. The fourth-order valence-corrected chi connectivity index (χ4v) is 5.65. The fraction of sp³-hybridized carbons (Fsp3) is 0.348. The van der Waals surface area contributed by atoms with Crippen LogP contribution in [0.3, 0.4) is 0 Å². The number of nitrogens with one attached hydrogen (secondary N) is 1. The number of carbonyl (C=O) groups is 1. The Morgan fingerprint density at radius 3 is 2.31 bits per heavy atom. The van der Waals surface area contributed by atoms with Crippen LogP contribution in [0.2, 0.25) is 0 Å². The van der Waals surface area contributed by atoms with Gasteiger partial charge in [0.15, 0.2) is 0 Å². The van der Waals surface area contributed by atoms with Crippen LogP contribution in [0.4, 0.5) is 5.82 Å². The van der Waals surface area contributed by atoms with E-state index in [1.54, 1.807) is 11.5 Å². The zero-order valence-corrected chi connectivity index (χ0v) is 20.1. The zero-order chi connectivity index (χ0) is 21.0. The summed E-state index contributed by atoms with van der Waals surface area (Å²) in [6, 6.07) is 16.4. The summed E-state index contributed by atoms with van der Waals surface area (Å²) in [6.07, 6.45) is 2.06. The van der Waals surface area contributed by atoms with E-state index in [1.807, 2.05) is 24.3 Å². The Kier molecular flexibility index (Phi) is 7.57. The Hall–Kier alpha value is -2.26. The topological polar surface area (TPSA) is 61.4 Å². The van der Waals surface area contributed by atoms with Crippen molar-refractivity contribution in [2.24, 2.45) is 0 Å². The number of hydrogen-bond donors (Lipinski definition) is 1. The maximum Gasteiger partial charge on any atom is 0.271 e. The van der Waals surface area contributed by atoms with Crippen LogP contribution in [-0.2, 0) is 0 Å². The van der Waals surface area contributed by atoms with Crippen molar-refractivity contribution in [3.63, 3.8) is 0 Å². The van der Waals surface area contributed by atoms with Crippen LogP contribution >= 0.6 is 35.5 Å². The predicted octanol–water partition coefficient (Wildman–Crippen LogP) is 4.66. The third-order valence-electron chi connectivity index (χ3n) is 5.81. The van der Waals surface area contributed by atoms with Gasteiger partial charge in [-0.2, -0.15) is 8.75 Å². The summed E-state index contributed by atoms with van der Waals surface area (Å²) >= 11 is 2.96. The average Bonchev–Trinajstić information content (AvgIpc) is 3.44. The first kappa shape index (κ1) is 22.9. The summed E-state index contributed by atoms with van der Waals surface area (Å²) in [7, 11) is 0. The second kappa shape index (κ2) is 10.6. The van der Waals surface area contributed by atoms with Gasteiger partial charge in [0.25, 0.3) is 5.91 Å². The number of amides is 1. The van der Waals surface area contributed by atoms with Crippen LogP contribution in [0.1, 0.15) is 23.3 Å². The first-order valence-electron chi connectivity index (χ1n) is 10.7. The molecule has 4 aromatic rings. The van der Waals surface area contributed by atoms with Crippen LogP contribution in [-0.4, -0.2) is 58.8 Å². The van der Waals surface area contributed by atoms with Gasteiger partial charge in [-0.05, 0) is 60.7 Å². The van der Waals surface area contributed by atoms with Crippen LogP contribution < -0.4 is 10.2 Å². The highest BCUT2D eigenvalue weighted by Gasteiger charge is 2.20. The Labute approximate surface area is 202 Å². The Morgan fingerprint density at radius 1 is 0.875 bits per heavy atom. The van der Waals surface area contributed by atoms with Crippen LogP contribution in [0.25, 0.3) is 20.2 Å². The Morgan fingerprint density at radius 2 is 1.53 bits per heavy atom. The molecule has 0 radical (unpaired) electrons. The Balaban J connectivity index is 0.00000245. The van der Waals surface area contributed by atoms with Gasteiger partial charge in [-0.15, -0.1) is 12.4 Å². The highest BCUT2D eigenvalue weighted by Crippen LogP contribution is 2.29. The summed E-state index contributed by atoms with van der Waals surface area (Å²) in [5, 5.41) is 5.24. The molecule has 2 aromatic carbocycles. The van der Waals surface area contributed by atoms with Gasteiger partial charge in [0.05, 0.1) is 9.40 Å². The van der Waals surface area contributed by atoms with Gasteiger partial charge < -0.3 is 10.2 Å². The number of carbonyl (C=O) groups excluding carboxylic acids is 1. The van der Waals surface area contributed by atoms with Gasteiger partial charge in [-0.3, -0.25) is 9.69 Å². The molecule has 5 rings (SSSR count). The van der Waals surface area contributed by atoms with Gasteiger partial charge in [-0.1, -0.05) is 30.3 Å². The van der Waals surface area contributed by atoms with Crippen molar-refractivity contribution in [2.75, 3.05) is 44.2 Å². The maximum atomic E-state index is 12.4. The molecule has 1 fully saturated rings. The van der Waals surface area contributed by atoms with Crippen LogP contribution in [0.5, 0.6) is 0 Å². The fourth-order valence-electron chi connectivity index (χ4n) is 4.08. The molecule has 6 nitrogen and oxygen atoms in total. The van der Waals surface area contributed by atoms with Crippen molar-refractivity contribution < 1.29 is 4.79 Å². The summed E-state index contributed by atoms with van der Waals surface area (Å²) < 4.78 is 11.3. The number of anilines is 1. The predicted molar refractivity (Wildman–Crippen MR) is 137 cm³/mol. The monoisotopic (exact) mass is 487 g/mol. The van der Waals surface area contributed by atoms with E-state index < -0.39 is 0 Å². The molecule has 0 spiro atoms. The van der Waals surface area contributed by atoms with E-state index in [-0.39, 0.29) is 18.3 Å². The number of unbranched alkanes of at least 4 members (excludes halogenated alkanes) is 1. The van der Waals surface area contributed by atoms with E-state index in [1.165, 1.54) is 21.6 Å². The van der Waals surface area contributed by atoms with Crippen molar-refractivity contribution in [3.05, 3.63) is 54.2 Å². The summed E-state index contributed by atoms with van der Waals surface area (Å²) in [5.41, 5.74) is 0.547. The van der Waals surface area contributed by atoms with E-state index in [4.69, 9.17) is 4.37 Å². The number of rotatable bonds is 7. The van der Waals surface area contributed by atoms with Crippen molar-refractivity contribution in [1.29, 1.82) is 0 Å². The van der Waals surface area contributed by atoms with Gasteiger partial charge in [0.2, 0.25) is 0 Å². The molecule has 0 saturated carbocycles. The second-order valence-corrected chi connectivity index (χ2v) is 9.43. The smallest absolute Gasteiger partial charge is 0.271 e. The normalized spacial score (nSPS) is 14.6. The minimum absolute atomic E-state index is 0. The van der Waals surface area contributed by atoms with Crippen molar-refractivity contribution >= 4 is 67.4 Å². The first-order valence-corrected chi connectivity index (χ1v) is 12.3. The molecule has 0 unspecified atom stereocenters. The molecular formula is C23H26ClN5OS2. The lowest BCUT2D eigenvalue weighted by atomic mass is 10.2. The number of fused-ring (bicyclic) bond motifs is 2. The molecular weight excluding hydrogens is 462 g/mol. The molecule has 1 N–H and O–H groups in total. The quantitative estimate of drug-likeness (QED) is 0.384. The number of nitrogens with zero attached hydrogens (tertiary/aromatic N) is 4. The number of aromatic nitrogens is 2. The maximum absolute atomic E-state index is 12.4. The van der Waals surface area contributed by atoms with E-state index in [2.05, 4.69) is 43.8 Å². The van der Waals surface area contributed by atoms with Crippen molar-refractivity contribution in [2.45, 2.75) is 12.8 Å². The van der Waals surface area contributed by atoms with Crippen LogP contribution in [0, 0.1) is 0 Å². The van der Waals surface area contributed by atoms with Gasteiger partial charge in [0.1, 0.15) is 11.5 Å². The first-order chi connectivity index (χ1) is 15.3. The summed E-state index contributed by atoms with van der Waals surface area (Å²) in [4.78, 5) is 17.4. The SMILES string of the molecule is Cl.O=C(NCCCCN1CCN(c2nsc3ccccc23)CC1)c1nsc2ccccc12. The Bertz CT molecular complexity index is 1190. The minimum Gasteiger partial charge on any atom is -0.353 e. The molecule has 2 aromatic heterocycles. The lowest BCUT2D eigenvalue weighted by molar-refractivity contribution is 0.0950. The van der Waals surface area contributed by atoms with Crippen molar-refractivity contribution in [3.8, 4) is 0 Å². The van der Waals surface area contributed by atoms with E-state index in [9.17, 15) is 4.79 Å². The highest BCUT2D eigenvalue weighted by atomic mass is 35.5. The summed E-state index contributed by atoms with van der Waals surface area (Å²) in [5.74, 6) is 1.07. The average molecular weight is 488 g/mol. The molecule has 1 aliphatic rings. The third-order valence-corrected chi connectivity index (χ3v) is 7.45. The molecule has 9 heteroatoms. The molecule has 0 atom stereocenters. The second-order valence-electron chi connectivity index (χ2n) is 7.82. The third kappa shape index (κ3) is 4.88. The van der Waals surface area contributed by atoms with Crippen LogP contribution in [0.15, 0.2) is 48.5 Å². The van der Waals surface area contributed by atoms with Crippen molar-refractivity contribution in [1.82, 2.24) is 19.0 Å². The number of hydrogen-bond acceptors (Lipinski definition) is 7. The summed E-state index contributed by atoms with van der Waals surface area (Å²) in [6.45, 7) is 5.91. The van der Waals surface area contributed by atoms with E-state index >= 15 is 0 Å². The lowest BCUT2D eigenvalue weighted by Crippen LogP contribution is -2.46. The number of benzene rings is 2. The lowest BCUT2D eigenvalue weighted by Gasteiger charge is -2.35. The molecule has 1 amide bonds. The molecule has 168 valence electrons. The standard InChI is InChI=1S/C23H25N5OS2.ClH/c29-23(21-17-7-1-3-9-19(17)30-25-21)24-11-5-6-12-27-13-15-28(16-14-27)22-18-8-2-4-10-20(18)31-26-22;/h1-4,7-10H,5-6,11-16H2,(H,24,29);1H. The number of piperazine rings is 1. The van der Waals surface area contributed by atoms with Gasteiger partial charge >= 0.3 is 0 Å². The molecule has 1 aliphatic heterocycles.